The summed E-state index contributed by atoms with van der Waals surface area (Å²) in [6, 6.07) is 19.7. The van der Waals surface area contributed by atoms with Crippen molar-refractivity contribution in [1.82, 2.24) is 0 Å². The van der Waals surface area contributed by atoms with Crippen molar-refractivity contribution in [2.75, 3.05) is 0 Å². The van der Waals surface area contributed by atoms with Gasteiger partial charge in [-0.3, -0.25) is 0 Å². The molecule has 0 unspecified atom stereocenters. The van der Waals surface area contributed by atoms with Crippen molar-refractivity contribution in [2.45, 2.75) is 0 Å². The van der Waals surface area contributed by atoms with Crippen molar-refractivity contribution in [3.63, 3.8) is 0 Å². The molecule has 0 amide bonds. The summed E-state index contributed by atoms with van der Waals surface area (Å²) < 4.78 is 0. The van der Waals surface area contributed by atoms with Gasteiger partial charge in [0.2, 0.25) is 0 Å². The van der Waals surface area contributed by atoms with Gasteiger partial charge in [0.15, 0.2) is 0 Å². The van der Waals surface area contributed by atoms with Crippen LogP contribution in [0.1, 0.15) is 11.1 Å². The van der Waals surface area contributed by atoms with Gasteiger partial charge in [-0.1, -0.05) is 12.1 Å². The molecule has 18 heavy (non-hydrogen) atoms. The van der Waals surface area contributed by atoms with Crippen LogP contribution >= 0.6 is 17.0 Å². The first-order valence-electron chi connectivity index (χ1n) is 4.91. The van der Waals surface area contributed by atoms with Crippen LogP contribution < -0.4 is 0 Å². The van der Waals surface area contributed by atoms with E-state index in [9.17, 15) is 0 Å². The predicted octanol–water partition coefficient (Wildman–Crippen LogP) is 4.29. The van der Waals surface area contributed by atoms with Crippen molar-refractivity contribution < 1.29 is 26.3 Å². The van der Waals surface area contributed by atoms with Gasteiger partial charge >= 0.3 is 37.9 Å². The van der Waals surface area contributed by atoms with Crippen LogP contribution in [0.4, 0.5) is 0 Å². The standard InChI is InChI=1S/2C7H7.2ClH.H2O.Zr/c2*1-7-5-3-2-4-6-7;;;;/h2*2-6H,1H2;2*1H;1H2;/q2*-1;;;;+4/p-2. The zero-order valence-corrected chi connectivity index (χ0v) is 13.9. The van der Waals surface area contributed by atoms with Gasteiger partial charge in [-0.15, -0.1) is 24.3 Å². The molecule has 0 aromatic heterocycles. The van der Waals surface area contributed by atoms with Gasteiger partial charge in [0.25, 0.3) is 0 Å². The van der Waals surface area contributed by atoms with Gasteiger partial charge in [-0.05, 0) is 0 Å². The van der Waals surface area contributed by atoms with E-state index in [2.05, 4.69) is 13.8 Å². The summed E-state index contributed by atoms with van der Waals surface area (Å²) in [6.45, 7) is 7.44. The van der Waals surface area contributed by atoms with Crippen LogP contribution in [0, 0.1) is 13.8 Å². The molecule has 0 saturated carbocycles. The molecule has 0 heterocycles. The van der Waals surface area contributed by atoms with E-state index in [0.29, 0.717) is 0 Å². The topological polar surface area (TPSA) is 31.5 Å². The van der Waals surface area contributed by atoms with E-state index in [0.717, 1.165) is 11.1 Å². The maximum atomic E-state index is 4.93. The molecule has 4 heteroatoms. The Morgan fingerprint density at radius 2 is 0.889 bits per heavy atom. The molecule has 2 rings (SSSR count). The van der Waals surface area contributed by atoms with Crippen LogP contribution in [-0.2, 0) is 20.8 Å². The van der Waals surface area contributed by atoms with E-state index in [1.807, 2.05) is 60.7 Å². The maximum absolute atomic E-state index is 4.93. The quantitative estimate of drug-likeness (QED) is 0.626. The summed E-state index contributed by atoms with van der Waals surface area (Å²) in [7, 11) is 9.87. The fourth-order valence-electron chi connectivity index (χ4n) is 0.956. The van der Waals surface area contributed by atoms with Crippen molar-refractivity contribution >= 4 is 17.0 Å². The molecule has 0 bridgehead atoms. The van der Waals surface area contributed by atoms with Crippen LogP contribution in [0.25, 0.3) is 0 Å². The van der Waals surface area contributed by atoms with E-state index in [1.165, 1.54) is 0 Å². The molecule has 1 nitrogen and oxygen atoms in total. The Morgan fingerprint density at radius 1 is 0.667 bits per heavy atom. The molecule has 0 aliphatic heterocycles. The van der Waals surface area contributed by atoms with E-state index in [-0.39, 0.29) is 5.48 Å². The normalized spacial score (nSPS) is 7.22. The minimum atomic E-state index is -0.826. The van der Waals surface area contributed by atoms with Crippen molar-refractivity contribution in [3.05, 3.63) is 85.6 Å². The Labute approximate surface area is 128 Å². The summed E-state index contributed by atoms with van der Waals surface area (Å²) >= 11 is -0.826. The van der Waals surface area contributed by atoms with Gasteiger partial charge in [0.05, 0.1) is 0 Å². The first kappa shape index (κ1) is 19.9. The average molecular weight is 362 g/mol. The zero-order chi connectivity index (χ0) is 12.9. The third-order valence-corrected chi connectivity index (χ3v) is 1.69. The summed E-state index contributed by atoms with van der Waals surface area (Å²) in [6.07, 6.45) is 0. The monoisotopic (exact) mass is 360 g/mol. The van der Waals surface area contributed by atoms with Crippen molar-refractivity contribution in [3.8, 4) is 0 Å². The first-order chi connectivity index (χ1) is 8.20. The molecule has 0 saturated heterocycles. The number of halogens is 2. The van der Waals surface area contributed by atoms with Gasteiger partial charge in [0, 0.05) is 0 Å². The summed E-state index contributed by atoms with van der Waals surface area (Å²) in [5.74, 6) is 0. The second-order valence-electron chi connectivity index (χ2n) is 3.04. The minimum absolute atomic E-state index is 0. The number of hydrogen-bond acceptors (Lipinski definition) is 0. The van der Waals surface area contributed by atoms with Gasteiger partial charge < -0.3 is 5.48 Å². The van der Waals surface area contributed by atoms with Crippen molar-refractivity contribution in [2.24, 2.45) is 0 Å². The molecule has 0 aliphatic carbocycles. The Balaban J connectivity index is 0. The Morgan fingerprint density at radius 3 is 1.00 bits per heavy atom. The number of rotatable bonds is 0. The summed E-state index contributed by atoms with van der Waals surface area (Å²) in [5, 5.41) is 0. The fraction of sp³-hybridized carbons (Fsp3) is 0. The number of benzene rings is 2. The molecule has 0 fully saturated rings. The van der Waals surface area contributed by atoms with Gasteiger partial charge in [0.1, 0.15) is 0 Å². The molecule has 2 aromatic rings. The molecule has 96 valence electrons. The first-order valence-corrected chi connectivity index (χ1v) is 11.2. The van der Waals surface area contributed by atoms with Gasteiger partial charge in [-0.25, -0.2) is 0 Å². The molecule has 0 aliphatic rings. The molecule has 0 radical (unpaired) electrons. The molecular weight excluding hydrogens is 346 g/mol. The molecule has 0 spiro atoms. The Bertz CT molecular complexity index is 331. The van der Waals surface area contributed by atoms with E-state index in [4.69, 9.17) is 17.0 Å². The van der Waals surface area contributed by atoms with Crippen LogP contribution in [0.5, 0.6) is 0 Å². The average Bonchev–Trinajstić information content (AvgIpc) is 2.33. The third kappa shape index (κ3) is 13.7. The Hall–Kier alpha value is -0.397. The molecular formula is C14H16Cl2OZr. The molecule has 0 atom stereocenters. The zero-order valence-electron chi connectivity index (χ0n) is 9.94. The molecule has 2 aromatic carbocycles. The van der Waals surface area contributed by atoms with Gasteiger partial charge in [-0.2, -0.15) is 49.2 Å². The van der Waals surface area contributed by atoms with Crippen LogP contribution in [0.3, 0.4) is 0 Å². The van der Waals surface area contributed by atoms with Crippen LogP contribution in [0.15, 0.2) is 60.7 Å². The van der Waals surface area contributed by atoms with E-state index >= 15 is 0 Å². The van der Waals surface area contributed by atoms with E-state index < -0.39 is 20.8 Å². The Kier molecular flexibility index (Phi) is 16.2. The van der Waals surface area contributed by atoms with Crippen molar-refractivity contribution in [1.29, 1.82) is 0 Å². The third-order valence-electron chi connectivity index (χ3n) is 1.69. The second-order valence-corrected chi connectivity index (χ2v) is 6.77. The number of hydrogen-bond donors (Lipinski definition) is 0. The summed E-state index contributed by atoms with van der Waals surface area (Å²) in [4.78, 5) is 0. The van der Waals surface area contributed by atoms with Crippen LogP contribution in [-0.4, -0.2) is 5.48 Å². The van der Waals surface area contributed by atoms with Crippen LogP contribution in [0.2, 0.25) is 0 Å². The molecule has 2 N–H and O–H groups in total. The predicted molar refractivity (Wildman–Crippen MR) is 77.1 cm³/mol. The SMILES string of the molecule is O.[CH2-]c1ccccc1.[CH2-]c1ccccc1.[Cl][Zr+2][Cl]. The van der Waals surface area contributed by atoms with E-state index in [1.54, 1.807) is 0 Å². The summed E-state index contributed by atoms with van der Waals surface area (Å²) in [5.41, 5.74) is 2.14. The fourth-order valence-corrected chi connectivity index (χ4v) is 0.956. The second kappa shape index (κ2) is 14.7.